The normalized spacial score (nSPS) is 10.4. The van der Waals surface area contributed by atoms with Crippen LogP contribution in [-0.2, 0) is 11.3 Å². The average Bonchev–Trinajstić information content (AvgIpc) is 3.02. The summed E-state index contributed by atoms with van der Waals surface area (Å²) < 4.78 is 5.57. The van der Waals surface area contributed by atoms with Crippen molar-refractivity contribution in [1.82, 2.24) is 10.3 Å². The summed E-state index contributed by atoms with van der Waals surface area (Å²) in [7, 11) is 0. The number of hydrogen-bond donors (Lipinski definition) is 2. The Morgan fingerprint density at radius 1 is 1.42 bits per heavy atom. The maximum atomic E-state index is 11.7. The minimum atomic E-state index is -1.07. The van der Waals surface area contributed by atoms with E-state index in [4.69, 9.17) is 21.4 Å². The number of hydrogen-bond acceptors (Lipinski definition) is 5. The number of carbonyl (C=O) groups excluding carboxylic acids is 1. The Kier molecular flexibility index (Phi) is 6.57. The van der Waals surface area contributed by atoms with Gasteiger partial charge in [0.1, 0.15) is 10.8 Å². The Morgan fingerprint density at radius 2 is 2.21 bits per heavy atom. The highest BCUT2D eigenvalue weighted by Gasteiger charge is 2.09. The molecule has 128 valence electrons. The van der Waals surface area contributed by atoms with Gasteiger partial charge in [-0.1, -0.05) is 11.6 Å². The summed E-state index contributed by atoms with van der Waals surface area (Å²) in [5.41, 5.74) is 0.937. The fraction of sp³-hybridized carbons (Fsp3) is 0.312. The predicted molar refractivity (Wildman–Crippen MR) is 91.8 cm³/mol. The van der Waals surface area contributed by atoms with Crippen molar-refractivity contribution in [3.05, 3.63) is 44.9 Å². The molecule has 0 fully saturated rings. The van der Waals surface area contributed by atoms with E-state index in [1.54, 1.807) is 12.1 Å². The summed E-state index contributed by atoms with van der Waals surface area (Å²) in [5, 5.41) is 14.2. The number of rotatable bonds is 8. The van der Waals surface area contributed by atoms with Gasteiger partial charge in [-0.15, -0.1) is 11.3 Å². The van der Waals surface area contributed by atoms with E-state index in [0.29, 0.717) is 29.5 Å². The Balaban J connectivity index is 1.65. The number of amides is 1. The molecule has 2 aromatic rings. The molecule has 1 amide bonds. The Hall–Kier alpha value is -2.12. The summed E-state index contributed by atoms with van der Waals surface area (Å²) in [6, 6.07) is 5.42. The maximum Gasteiger partial charge on any atom is 0.355 e. The second-order valence-electron chi connectivity index (χ2n) is 5.07. The minimum Gasteiger partial charge on any atom is -0.494 e. The van der Waals surface area contributed by atoms with Crippen molar-refractivity contribution in [1.29, 1.82) is 0 Å². The van der Waals surface area contributed by atoms with Crippen LogP contribution in [0.25, 0.3) is 0 Å². The van der Waals surface area contributed by atoms with Crippen molar-refractivity contribution in [3.63, 3.8) is 0 Å². The van der Waals surface area contributed by atoms with E-state index in [1.807, 2.05) is 13.0 Å². The van der Waals surface area contributed by atoms with Crippen molar-refractivity contribution in [3.8, 4) is 5.75 Å². The van der Waals surface area contributed by atoms with Gasteiger partial charge in [0, 0.05) is 16.8 Å². The molecule has 0 saturated heterocycles. The third kappa shape index (κ3) is 5.50. The highest BCUT2D eigenvalue weighted by atomic mass is 35.5. The number of nitrogens with zero attached hydrogens (tertiary/aromatic N) is 1. The van der Waals surface area contributed by atoms with Crippen LogP contribution < -0.4 is 10.1 Å². The maximum absolute atomic E-state index is 11.7. The highest BCUT2D eigenvalue weighted by Crippen LogP contribution is 2.21. The van der Waals surface area contributed by atoms with Crippen molar-refractivity contribution in [2.45, 2.75) is 26.3 Å². The number of halogens is 1. The van der Waals surface area contributed by atoms with Crippen molar-refractivity contribution >= 4 is 34.8 Å². The first kappa shape index (κ1) is 18.2. The minimum absolute atomic E-state index is 0.00379. The average molecular weight is 369 g/mol. The molecule has 2 rings (SSSR count). The first-order valence-corrected chi connectivity index (χ1v) is 8.55. The molecule has 8 heteroatoms. The zero-order valence-electron chi connectivity index (χ0n) is 13.0. The first-order valence-electron chi connectivity index (χ1n) is 7.29. The lowest BCUT2D eigenvalue weighted by molar-refractivity contribution is -0.121. The Bertz CT molecular complexity index is 733. The van der Waals surface area contributed by atoms with Crippen LogP contribution in [0.1, 0.15) is 33.9 Å². The smallest absolute Gasteiger partial charge is 0.355 e. The van der Waals surface area contributed by atoms with E-state index in [1.165, 1.54) is 16.7 Å². The molecule has 6 nitrogen and oxygen atoms in total. The third-order valence-electron chi connectivity index (χ3n) is 3.15. The van der Waals surface area contributed by atoms with Gasteiger partial charge in [-0.2, -0.15) is 0 Å². The Labute approximate surface area is 148 Å². The molecule has 1 aromatic heterocycles. The number of benzene rings is 1. The van der Waals surface area contributed by atoms with Gasteiger partial charge in [-0.25, -0.2) is 9.78 Å². The highest BCUT2D eigenvalue weighted by molar-refractivity contribution is 7.09. The number of ether oxygens (including phenoxy) is 1. The van der Waals surface area contributed by atoms with Gasteiger partial charge in [-0.3, -0.25) is 4.79 Å². The molecular weight excluding hydrogens is 352 g/mol. The number of carboxylic acids is 1. The molecule has 0 aliphatic carbocycles. The van der Waals surface area contributed by atoms with Gasteiger partial charge in [0.2, 0.25) is 5.91 Å². The SMILES string of the molecule is Cc1cc(OCCCC(=O)NCc2nc(C(=O)O)cs2)ccc1Cl. The van der Waals surface area contributed by atoms with Gasteiger partial charge in [0.05, 0.1) is 13.2 Å². The number of aryl methyl sites for hydroxylation is 1. The standard InChI is InChI=1S/C16H17ClN2O4S/c1-10-7-11(4-5-12(10)17)23-6-2-3-14(20)18-8-15-19-13(9-24-15)16(21)22/h4-5,7,9H,2-3,6,8H2,1H3,(H,18,20)(H,21,22). The quantitative estimate of drug-likeness (QED) is 0.698. The molecular formula is C16H17ClN2O4S. The molecule has 0 spiro atoms. The van der Waals surface area contributed by atoms with Crippen LogP contribution in [-0.4, -0.2) is 28.6 Å². The fourth-order valence-electron chi connectivity index (χ4n) is 1.88. The molecule has 24 heavy (non-hydrogen) atoms. The molecule has 0 saturated carbocycles. The van der Waals surface area contributed by atoms with Crippen molar-refractivity contribution in [2.24, 2.45) is 0 Å². The van der Waals surface area contributed by atoms with Gasteiger partial charge >= 0.3 is 5.97 Å². The summed E-state index contributed by atoms with van der Waals surface area (Å²) in [5.74, 6) is -0.474. The zero-order valence-corrected chi connectivity index (χ0v) is 14.6. The van der Waals surface area contributed by atoms with Crippen LogP contribution in [0, 0.1) is 6.92 Å². The molecule has 0 unspecified atom stereocenters. The lowest BCUT2D eigenvalue weighted by atomic mass is 10.2. The molecule has 0 bridgehead atoms. The second kappa shape index (κ2) is 8.65. The molecule has 0 aliphatic rings. The van der Waals surface area contributed by atoms with Crippen LogP contribution in [0.4, 0.5) is 0 Å². The van der Waals surface area contributed by atoms with E-state index in [2.05, 4.69) is 10.3 Å². The lowest BCUT2D eigenvalue weighted by Gasteiger charge is -2.08. The number of carbonyl (C=O) groups is 2. The predicted octanol–water partition coefficient (Wildman–Crippen LogP) is 3.28. The molecule has 0 aliphatic heterocycles. The molecule has 0 atom stereocenters. The number of nitrogens with one attached hydrogen (secondary N) is 1. The molecule has 1 heterocycles. The molecule has 1 aromatic carbocycles. The molecule has 2 N–H and O–H groups in total. The monoisotopic (exact) mass is 368 g/mol. The van der Waals surface area contributed by atoms with Crippen LogP contribution in [0.15, 0.2) is 23.6 Å². The van der Waals surface area contributed by atoms with E-state index in [-0.39, 0.29) is 18.1 Å². The van der Waals surface area contributed by atoms with Crippen LogP contribution in [0.5, 0.6) is 5.75 Å². The number of thiazole rings is 1. The number of aromatic nitrogens is 1. The van der Waals surface area contributed by atoms with E-state index >= 15 is 0 Å². The van der Waals surface area contributed by atoms with Gasteiger partial charge in [0.25, 0.3) is 0 Å². The van der Waals surface area contributed by atoms with Crippen LogP contribution in [0.2, 0.25) is 5.02 Å². The number of carboxylic acid groups (broad SMARTS) is 1. The summed E-state index contributed by atoms with van der Waals surface area (Å²) in [4.78, 5) is 26.4. The van der Waals surface area contributed by atoms with E-state index in [9.17, 15) is 9.59 Å². The second-order valence-corrected chi connectivity index (χ2v) is 6.42. The largest absolute Gasteiger partial charge is 0.494 e. The van der Waals surface area contributed by atoms with Crippen molar-refractivity contribution in [2.75, 3.05) is 6.61 Å². The Morgan fingerprint density at radius 3 is 2.88 bits per heavy atom. The summed E-state index contributed by atoms with van der Waals surface area (Å²) >= 11 is 7.15. The fourth-order valence-corrected chi connectivity index (χ4v) is 2.71. The summed E-state index contributed by atoms with van der Waals surface area (Å²) in [6.45, 7) is 2.56. The van der Waals surface area contributed by atoms with Gasteiger partial charge in [0.15, 0.2) is 5.69 Å². The lowest BCUT2D eigenvalue weighted by Crippen LogP contribution is -2.23. The number of aromatic carboxylic acids is 1. The van der Waals surface area contributed by atoms with Gasteiger partial charge < -0.3 is 15.2 Å². The summed E-state index contributed by atoms with van der Waals surface area (Å²) in [6.07, 6.45) is 0.898. The van der Waals surface area contributed by atoms with Crippen LogP contribution >= 0.6 is 22.9 Å². The zero-order chi connectivity index (χ0) is 17.5. The van der Waals surface area contributed by atoms with Crippen molar-refractivity contribution < 1.29 is 19.4 Å². The molecule has 0 radical (unpaired) electrons. The topological polar surface area (TPSA) is 88.5 Å². The first-order chi connectivity index (χ1) is 11.5. The van der Waals surface area contributed by atoms with Gasteiger partial charge in [-0.05, 0) is 37.1 Å². The van der Waals surface area contributed by atoms with E-state index < -0.39 is 5.97 Å². The van der Waals surface area contributed by atoms with E-state index in [0.717, 1.165) is 11.3 Å². The third-order valence-corrected chi connectivity index (χ3v) is 4.43. The van der Waals surface area contributed by atoms with Crippen LogP contribution in [0.3, 0.4) is 0 Å².